The molecule has 0 heterocycles. The van der Waals surface area contributed by atoms with Gasteiger partial charge in [0, 0.05) is 31.0 Å². The van der Waals surface area contributed by atoms with Crippen LogP contribution in [-0.4, -0.2) is 27.1 Å². The second kappa shape index (κ2) is 8.42. The molecule has 2 N–H and O–H groups in total. The lowest BCUT2D eigenvalue weighted by Crippen LogP contribution is -2.24. The molecule has 0 saturated heterocycles. The Kier molecular flexibility index (Phi) is 6.50. The van der Waals surface area contributed by atoms with E-state index in [0.29, 0.717) is 17.8 Å². The van der Waals surface area contributed by atoms with Crippen molar-refractivity contribution in [1.29, 1.82) is 0 Å². The highest BCUT2D eigenvalue weighted by atomic mass is 32.2. The first-order chi connectivity index (χ1) is 12.2. The van der Waals surface area contributed by atoms with Gasteiger partial charge >= 0.3 is 0 Å². The number of amides is 1. The molecule has 0 radical (unpaired) electrons. The molecule has 1 atom stereocenters. The number of carbonyl (C=O) groups excluding carboxylic acids is 1. The Hall–Kier alpha value is -2.25. The molecule has 0 fully saturated rings. The first kappa shape index (κ1) is 20.1. The fourth-order valence-corrected chi connectivity index (χ4v) is 3.05. The highest BCUT2D eigenvalue weighted by Crippen LogP contribution is 2.16. The Morgan fingerprint density at radius 2 is 1.81 bits per heavy atom. The Labute approximate surface area is 153 Å². The number of halogens is 1. The minimum atomic E-state index is -3.21. The topological polar surface area (TPSA) is 75.3 Å². The van der Waals surface area contributed by atoms with Crippen molar-refractivity contribution in [3.8, 4) is 0 Å². The van der Waals surface area contributed by atoms with Gasteiger partial charge in [-0.05, 0) is 49.2 Å². The van der Waals surface area contributed by atoms with Gasteiger partial charge in [-0.3, -0.25) is 4.79 Å². The molecule has 2 rings (SSSR count). The molecule has 0 aliphatic rings. The quantitative estimate of drug-likeness (QED) is 0.776. The van der Waals surface area contributed by atoms with Gasteiger partial charge in [-0.25, -0.2) is 12.8 Å². The lowest BCUT2D eigenvalue weighted by atomic mass is 10.1. The molecular formula is C19H23FN2O3S. The first-order valence-electron chi connectivity index (χ1n) is 8.26. The molecule has 0 aliphatic heterocycles. The van der Waals surface area contributed by atoms with Gasteiger partial charge in [0.25, 0.3) is 0 Å². The van der Waals surface area contributed by atoms with E-state index in [0.717, 1.165) is 5.56 Å². The van der Waals surface area contributed by atoms with Crippen LogP contribution in [0.3, 0.4) is 0 Å². The number of anilines is 1. The molecule has 5 nitrogen and oxygen atoms in total. The van der Waals surface area contributed by atoms with Crippen LogP contribution >= 0.6 is 0 Å². The third kappa shape index (κ3) is 5.64. The van der Waals surface area contributed by atoms with E-state index in [4.69, 9.17) is 0 Å². The highest BCUT2D eigenvalue weighted by Gasteiger charge is 2.10. The number of benzene rings is 2. The molecule has 2 aromatic carbocycles. The summed E-state index contributed by atoms with van der Waals surface area (Å²) in [6.07, 6.45) is 1.41. The second-order valence-electron chi connectivity index (χ2n) is 6.28. The molecule has 0 saturated carbocycles. The van der Waals surface area contributed by atoms with Crippen LogP contribution in [0.4, 0.5) is 10.1 Å². The van der Waals surface area contributed by atoms with Gasteiger partial charge in [-0.15, -0.1) is 0 Å². The summed E-state index contributed by atoms with van der Waals surface area (Å²) in [7, 11) is -3.21. The Balaban J connectivity index is 1.82. The molecule has 7 heteroatoms. The SMILES string of the molecule is Cc1ccc(NC(=O)CCN[C@@H](C)c2ccc(S(C)(=O)=O)cc2)cc1F. The van der Waals surface area contributed by atoms with Crippen LogP contribution < -0.4 is 10.6 Å². The van der Waals surface area contributed by atoms with Crippen molar-refractivity contribution in [2.45, 2.75) is 31.2 Å². The maximum atomic E-state index is 13.5. The fraction of sp³-hybridized carbons (Fsp3) is 0.316. The van der Waals surface area contributed by atoms with Crippen LogP contribution in [0, 0.1) is 12.7 Å². The van der Waals surface area contributed by atoms with Crippen molar-refractivity contribution in [1.82, 2.24) is 5.32 Å². The van der Waals surface area contributed by atoms with E-state index < -0.39 is 9.84 Å². The van der Waals surface area contributed by atoms with Crippen LogP contribution in [0.5, 0.6) is 0 Å². The number of rotatable bonds is 7. The van der Waals surface area contributed by atoms with Crippen LogP contribution in [0.15, 0.2) is 47.4 Å². The number of sulfone groups is 1. The van der Waals surface area contributed by atoms with Gasteiger partial charge in [0.2, 0.25) is 5.91 Å². The van der Waals surface area contributed by atoms with Crippen LogP contribution in [0.2, 0.25) is 0 Å². The van der Waals surface area contributed by atoms with Gasteiger partial charge in [0.1, 0.15) is 5.82 Å². The average Bonchev–Trinajstić information content (AvgIpc) is 2.57. The second-order valence-corrected chi connectivity index (χ2v) is 8.29. The molecular weight excluding hydrogens is 355 g/mol. The first-order valence-corrected chi connectivity index (χ1v) is 10.2. The number of aryl methyl sites for hydroxylation is 1. The maximum Gasteiger partial charge on any atom is 0.225 e. The molecule has 2 aromatic rings. The third-order valence-corrected chi connectivity index (χ3v) is 5.19. The normalized spacial score (nSPS) is 12.6. The van der Waals surface area contributed by atoms with Crippen molar-refractivity contribution < 1.29 is 17.6 Å². The van der Waals surface area contributed by atoms with Crippen LogP contribution in [0.1, 0.15) is 30.5 Å². The van der Waals surface area contributed by atoms with E-state index in [2.05, 4.69) is 10.6 Å². The van der Waals surface area contributed by atoms with E-state index >= 15 is 0 Å². The van der Waals surface area contributed by atoms with Crippen LogP contribution in [-0.2, 0) is 14.6 Å². The number of carbonyl (C=O) groups is 1. The standard InChI is InChI=1S/C19H23FN2O3S/c1-13-4-7-16(12-18(13)20)22-19(23)10-11-21-14(2)15-5-8-17(9-6-15)26(3,24)25/h4-9,12,14,21H,10-11H2,1-3H3,(H,22,23)/t14-/m0/s1. The summed E-state index contributed by atoms with van der Waals surface area (Å²) >= 11 is 0. The molecule has 0 bridgehead atoms. The van der Waals surface area contributed by atoms with Gasteiger partial charge in [-0.2, -0.15) is 0 Å². The molecule has 140 valence electrons. The van der Waals surface area contributed by atoms with E-state index in [1.807, 2.05) is 6.92 Å². The van der Waals surface area contributed by atoms with Crippen molar-refractivity contribution in [2.24, 2.45) is 0 Å². The van der Waals surface area contributed by atoms with Gasteiger partial charge in [-0.1, -0.05) is 18.2 Å². The molecule has 0 aromatic heterocycles. The monoisotopic (exact) mass is 378 g/mol. The number of nitrogens with one attached hydrogen (secondary N) is 2. The molecule has 0 spiro atoms. The zero-order valence-corrected chi connectivity index (χ0v) is 15.9. The number of hydrogen-bond acceptors (Lipinski definition) is 4. The summed E-state index contributed by atoms with van der Waals surface area (Å²) < 4.78 is 36.4. The van der Waals surface area contributed by atoms with E-state index in [-0.39, 0.29) is 29.1 Å². The predicted octanol–water partition coefficient (Wildman–Crippen LogP) is 3.22. The zero-order valence-electron chi connectivity index (χ0n) is 15.0. The largest absolute Gasteiger partial charge is 0.326 e. The summed E-state index contributed by atoms with van der Waals surface area (Å²) in [5.41, 5.74) is 1.89. The van der Waals surface area contributed by atoms with E-state index in [1.54, 1.807) is 43.3 Å². The van der Waals surface area contributed by atoms with Gasteiger partial charge in [0.05, 0.1) is 4.90 Å². The maximum absolute atomic E-state index is 13.5. The molecule has 0 aliphatic carbocycles. The summed E-state index contributed by atoms with van der Waals surface area (Å²) in [6, 6.07) is 11.2. The predicted molar refractivity (Wildman–Crippen MR) is 100 cm³/mol. The lowest BCUT2D eigenvalue weighted by molar-refractivity contribution is -0.116. The van der Waals surface area contributed by atoms with Gasteiger partial charge in [0.15, 0.2) is 9.84 Å². The van der Waals surface area contributed by atoms with Crippen molar-refractivity contribution in [2.75, 3.05) is 18.1 Å². The van der Waals surface area contributed by atoms with Gasteiger partial charge < -0.3 is 10.6 Å². The van der Waals surface area contributed by atoms with Crippen LogP contribution in [0.25, 0.3) is 0 Å². The average molecular weight is 378 g/mol. The van der Waals surface area contributed by atoms with E-state index in [1.165, 1.54) is 12.3 Å². The Morgan fingerprint density at radius 1 is 1.15 bits per heavy atom. The van der Waals surface area contributed by atoms with E-state index in [9.17, 15) is 17.6 Å². The third-order valence-electron chi connectivity index (χ3n) is 4.07. The summed E-state index contributed by atoms with van der Waals surface area (Å²) in [5.74, 6) is -0.563. The molecule has 1 amide bonds. The lowest BCUT2D eigenvalue weighted by Gasteiger charge is -2.14. The van der Waals surface area contributed by atoms with Crippen molar-refractivity contribution >= 4 is 21.4 Å². The summed E-state index contributed by atoms with van der Waals surface area (Å²) in [6.45, 7) is 4.03. The Bertz CT molecular complexity index is 880. The summed E-state index contributed by atoms with van der Waals surface area (Å²) in [4.78, 5) is 12.2. The number of hydrogen-bond donors (Lipinski definition) is 2. The zero-order chi connectivity index (χ0) is 19.3. The van der Waals surface area contributed by atoms with Crippen molar-refractivity contribution in [3.05, 3.63) is 59.4 Å². The fourth-order valence-electron chi connectivity index (χ4n) is 2.42. The minimum Gasteiger partial charge on any atom is -0.326 e. The minimum absolute atomic E-state index is 0.0340. The molecule has 0 unspecified atom stereocenters. The Morgan fingerprint density at radius 3 is 2.38 bits per heavy atom. The van der Waals surface area contributed by atoms with Crippen molar-refractivity contribution in [3.63, 3.8) is 0 Å². The highest BCUT2D eigenvalue weighted by molar-refractivity contribution is 7.90. The molecule has 26 heavy (non-hydrogen) atoms. The summed E-state index contributed by atoms with van der Waals surface area (Å²) in [5, 5.41) is 5.87. The smallest absolute Gasteiger partial charge is 0.225 e.